The highest BCUT2D eigenvalue weighted by atomic mass is 35.5. The number of aliphatic hydroxyl groups excluding tert-OH is 1. The molecule has 1 unspecified atom stereocenters. The zero-order valence-electron chi connectivity index (χ0n) is 14.4. The average molecular weight is 406 g/mol. The molecule has 2 heterocycles. The van der Waals surface area contributed by atoms with Crippen LogP contribution in [0.5, 0.6) is 0 Å². The first kappa shape index (κ1) is 18.0. The summed E-state index contributed by atoms with van der Waals surface area (Å²) in [7, 11) is 0. The number of carbonyl (C=O) groups excluding carboxylic acids is 2. The number of Topliss-reactive ketones (excluding diaryl/α,β-unsaturated/α-hetero) is 1. The second-order valence-corrected chi connectivity index (χ2v) is 7.72. The largest absolute Gasteiger partial charge is 0.503 e. The van der Waals surface area contributed by atoms with Gasteiger partial charge in [0.25, 0.3) is 5.91 Å². The number of fused-ring (bicyclic) bond motifs is 6. The number of ketones is 1. The summed E-state index contributed by atoms with van der Waals surface area (Å²) in [6.07, 6.45) is 0. The molecular formula is C20H14Cl2FNO3. The first-order chi connectivity index (χ1) is 12.7. The van der Waals surface area contributed by atoms with Crippen LogP contribution >= 0.6 is 23.2 Å². The molecular weight excluding hydrogens is 392 g/mol. The van der Waals surface area contributed by atoms with E-state index in [0.717, 1.165) is 0 Å². The molecule has 1 amide bonds. The van der Waals surface area contributed by atoms with Crippen molar-refractivity contribution < 1.29 is 19.1 Å². The maximum Gasteiger partial charge on any atom is 0.294 e. The Kier molecular flexibility index (Phi) is 4.05. The Labute approximate surface area is 164 Å². The highest BCUT2D eigenvalue weighted by Gasteiger charge is 2.48. The van der Waals surface area contributed by atoms with Crippen molar-refractivity contribution in [1.82, 2.24) is 0 Å². The number of rotatable bonds is 2. The van der Waals surface area contributed by atoms with E-state index in [4.69, 9.17) is 23.2 Å². The predicted molar refractivity (Wildman–Crippen MR) is 102 cm³/mol. The minimum absolute atomic E-state index is 0.0321. The summed E-state index contributed by atoms with van der Waals surface area (Å²) in [5.41, 5.74) is 1.96. The monoisotopic (exact) mass is 405 g/mol. The highest BCUT2D eigenvalue weighted by Crippen LogP contribution is 2.53. The van der Waals surface area contributed by atoms with E-state index in [0.29, 0.717) is 27.4 Å². The van der Waals surface area contributed by atoms with Crippen molar-refractivity contribution in [3.05, 3.63) is 63.1 Å². The molecule has 0 spiro atoms. The normalized spacial score (nSPS) is 17.9. The second-order valence-electron chi connectivity index (χ2n) is 6.87. The first-order valence-corrected chi connectivity index (χ1v) is 9.07. The van der Waals surface area contributed by atoms with Gasteiger partial charge < -0.3 is 5.11 Å². The zero-order valence-corrected chi connectivity index (χ0v) is 15.9. The van der Waals surface area contributed by atoms with E-state index < -0.39 is 29.4 Å². The van der Waals surface area contributed by atoms with Gasteiger partial charge in [-0.05, 0) is 35.4 Å². The molecule has 2 aliphatic heterocycles. The van der Waals surface area contributed by atoms with Crippen LogP contribution in [-0.4, -0.2) is 16.8 Å². The molecule has 4 rings (SSSR count). The Hall–Kier alpha value is -2.37. The Bertz CT molecular complexity index is 1060. The molecule has 2 aliphatic rings. The fraction of sp³-hybridized carbons (Fsp3) is 0.200. The summed E-state index contributed by atoms with van der Waals surface area (Å²) in [6.45, 7) is 3.39. The third kappa shape index (κ3) is 2.49. The zero-order chi connectivity index (χ0) is 19.6. The molecule has 27 heavy (non-hydrogen) atoms. The lowest BCUT2D eigenvalue weighted by molar-refractivity contribution is -0.119. The molecule has 0 aromatic heterocycles. The number of nitrogens with zero attached hydrogens (tertiary/aromatic N) is 1. The number of amides is 1. The number of anilines is 1. The summed E-state index contributed by atoms with van der Waals surface area (Å²) in [5, 5.41) is 10.7. The van der Waals surface area contributed by atoms with Gasteiger partial charge in [0.15, 0.2) is 11.5 Å². The van der Waals surface area contributed by atoms with E-state index in [2.05, 4.69) is 0 Å². The Morgan fingerprint density at radius 1 is 1.19 bits per heavy atom. The van der Waals surface area contributed by atoms with Crippen molar-refractivity contribution in [1.29, 1.82) is 0 Å². The minimum atomic E-state index is -0.811. The van der Waals surface area contributed by atoms with Gasteiger partial charge in [0.05, 0.1) is 22.3 Å². The van der Waals surface area contributed by atoms with Crippen LogP contribution in [0.15, 0.2) is 41.7 Å². The van der Waals surface area contributed by atoms with Gasteiger partial charge in [-0.1, -0.05) is 43.1 Å². The third-order valence-electron chi connectivity index (χ3n) is 4.90. The first-order valence-electron chi connectivity index (χ1n) is 8.32. The molecule has 1 atom stereocenters. The Morgan fingerprint density at radius 3 is 2.56 bits per heavy atom. The molecule has 4 nitrogen and oxygen atoms in total. The number of aliphatic hydroxyl groups is 1. The van der Waals surface area contributed by atoms with E-state index in [1.54, 1.807) is 32.0 Å². The van der Waals surface area contributed by atoms with Gasteiger partial charge in [-0.15, -0.1) is 0 Å². The molecule has 0 saturated carbocycles. The topological polar surface area (TPSA) is 57.6 Å². The second kappa shape index (κ2) is 6.08. The lowest BCUT2D eigenvalue weighted by Gasteiger charge is -2.35. The number of halogens is 3. The molecule has 0 radical (unpaired) electrons. The van der Waals surface area contributed by atoms with Gasteiger partial charge in [-0.3, -0.25) is 14.5 Å². The van der Waals surface area contributed by atoms with Crippen LogP contribution in [0.1, 0.15) is 25.5 Å². The van der Waals surface area contributed by atoms with Crippen LogP contribution in [0, 0.1) is 11.7 Å². The molecule has 0 saturated heterocycles. The Morgan fingerprint density at radius 2 is 1.89 bits per heavy atom. The lowest BCUT2D eigenvalue weighted by Crippen LogP contribution is -2.34. The van der Waals surface area contributed by atoms with Crippen LogP contribution in [0.25, 0.3) is 11.1 Å². The van der Waals surface area contributed by atoms with E-state index >= 15 is 0 Å². The maximum absolute atomic E-state index is 14.1. The number of hydrogen-bond acceptors (Lipinski definition) is 3. The van der Waals surface area contributed by atoms with Gasteiger partial charge >= 0.3 is 0 Å². The standard InChI is InChI=1S/C20H14Cl2FNO3/c1-8(2)18(25)16-17-10-4-3-9(21)5-11(10)12-6-14(23)13(22)7-15(12)24(17)20(27)19(16)26/h3-8,17,26H,1-2H3. The van der Waals surface area contributed by atoms with E-state index in [1.165, 1.54) is 17.0 Å². The van der Waals surface area contributed by atoms with Gasteiger partial charge in [-0.2, -0.15) is 0 Å². The van der Waals surface area contributed by atoms with Crippen LogP contribution in [0.4, 0.5) is 10.1 Å². The summed E-state index contributed by atoms with van der Waals surface area (Å²) in [4.78, 5) is 26.9. The van der Waals surface area contributed by atoms with Crippen molar-refractivity contribution in [2.75, 3.05) is 4.90 Å². The fourth-order valence-corrected chi connectivity index (χ4v) is 3.99. The molecule has 7 heteroatoms. The van der Waals surface area contributed by atoms with Crippen molar-refractivity contribution in [2.45, 2.75) is 19.9 Å². The van der Waals surface area contributed by atoms with Crippen LogP contribution in [0.3, 0.4) is 0 Å². The van der Waals surface area contributed by atoms with Crippen molar-refractivity contribution in [3.8, 4) is 11.1 Å². The molecule has 1 N–H and O–H groups in total. The van der Waals surface area contributed by atoms with Crippen LogP contribution < -0.4 is 4.90 Å². The quantitative estimate of drug-likeness (QED) is 0.743. The fourth-order valence-electron chi connectivity index (χ4n) is 3.66. The van der Waals surface area contributed by atoms with Gasteiger partial charge in [0.2, 0.25) is 0 Å². The van der Waals surface area contributed by atoms with Crippen molar-refractivity contribution >= 4 is 40.6 Å². The number of carbonyl (C=O) groups is 2. The summed E-state index contributed by atoms with van der Waals surface area (Å²) in [5.74, 6) is -2.68. The molecule has 2 aromatic carbocycles. The molecule has 0 aliphatic carbocycles. The molecule has 0 bridgehead atoms. The molecule has 0 fully saturated rings. The van der Waals surface area contributed by atoms with Crippen molar-refractivity contribution in [2.24, 2.45) is 5.92 Å². The summed E-state index contributed by atoms with van der Waals surface area (Å²) >= 11 is 12.1. The smallest absolute Gasteiger partial charge is 0.294 e. The predicted octanol–water partition coefficient (Wildman–Crippen LogP) is 5.24. The maximum atomic E-state index is 14.1. The minimum Gasteiger partial charge on any atom is -0.503 e. The summed E-state index contributed by atoms with van der Waals surface area (Å²) in [6, 6.07) is 6.72. The van der Waals surface area contributed by atoms with E-state index in [9.17, 15) is 19.1 Å². The molecule has 138 valence electrons. The average Bonchev–Trinajstić information content (AvgIpc) is 2.87. The summed E-state index contributed by atoms with van der Waals surface area (Å²) < 4.78 is 14.1. The van der Waals surface area contributed by atoms with Crippen LogP contribution in [-0.2, 0) is 9.59 Å². The van der Waals surface area contributed by atoms with Gasteiger partial charge in [0, 0.05) is 16.5 Å². The van der Waals surface area contributed by atoms with Crippen molar-refractivity contribution in [3.63, 3.8) is 0 Å². The Balaban J connectivity index is 2.06. The SMILES string of the molecule is CC(C)C(=O)C1=C(O)C(=O)N2c3cc(Cl)c(F)cc3-c3cc(Cl)ccc3C12. The lowest BCUT2D eigenvalue weighted by atomic mass is 9.83. The van der Waals surface area contributed by atoms with Gasteiger partial charge in [0.1, 0.15) is 5.82 Å². The molecule has 2 aromatic rings. The number of hydrogen-bond donors (Lipinski definition) is 1. The van der Waals surface area contributed by atoms with Crippen LogP contribution in [0.2, 0.25) is 10.0 Å². The van der Waals surface area contributed by atoms with E-state index in [1.807, 2.05) is 0 Å². The van der Waals surface area contributed by atoms with Gasteiger partial charge in [-0.25, -0.2) is 4.39 Å². The highest BCUT2D eigenvalue weighted by molar-refractivity contribution is 6.32. The third-order valence-corrected chi connectivity index (χ3v) is 5.42. The van der Waals surface area contributed by atoms with E-state index in [-0.39, 0.29) is 16.4 Å². The number of benzene rings is 2.